The molecule has 0 aliphatic rings. The van der Waals surface area contributed by atoms with Gasteiger partial charge in [-0.1, -0.05) is 25.6 Å². The van der Waals surface area contributed by atoms with E-state index in [-0.39, 0.29) is 11.7 Å². The fraction of sp³-hybridized carbons (Fsp3) is 0.222. The number of azo groups is 1. The number of hydrogen-bond donors (Lipinski definition) is 3. The topological polar surface area (TPSA) is 128 Å². The molecule has 5 N–H and O–H groups in total. The first-order chi connectivity index (χ1) is 12.4. The molecular weight excluding hydrogens is 332 g/mol. The van der Waals surface area contributed by atoms with Crippen LogP contribution in [0.15, 0.2) is 59.0 Å². The third-order valence-corrected chi connectivity index (χ3v) is 3.35. The Balaban J connectivity index is 2.18. The second-order valence-corrected chi connectivity index (χ2v) is 5.54. The predicted octanol–water partition coefficient (Wildman–Crippen LogP) is 3.67. The second-order valence-electron chi connectivity index (χ2n) is 5.54. The summed E-state index contributed by atoms with van der Waals surface area (Å²) < 4.78 is 5.64. The van der Waals surface area contributed by atoms with Crippen molar-refractivity contribution < 1.29 is 9.53 Å². The van der Waals surface area contributed by atoms with Gasteiger partial charge in [0.15, 0.2) is 11.6 Å². The lowest BCUT2D eigenvalue weighted by Crippen LogP contribution is -2.32. The zero-order valence-corrected chi connectivity index (χ0v) is 14.8. The molecule has 0 aliphatic carbocycles. The zero-order chi connectivity index (χ0) is 19.1. The third-order valence-electron chi connectivity index (χ3n) is 3.35. The summed E-state index contributed by atoms with van der Waals surface area (Å²) in [5.41, 5.74) is 12.3. The summed E-state index contributed by atoms with van der Waals surface area (Å²) >= 11 is 0. The van der Waals surface area contributed by atoms with Crippen LogP contribution < -0.4 is 21.5 Å². The normalized spacial score (nSPS) is 12.0. The van der Waals surface area contributed by atoms with Crippen LogP contribution in [0.2, 0.25) is 0 Å². The number of allylic oxidation sites excluding steroid dienone is 1. The quantitative estimate of drug-likeness (QED) is 0.516. The van der Waals surface area contributed by atoms with Gasteiger partial charge in [0.25, 0.3) is 0 Å². The van der Waals surface area contributed by atoms with E-state index in [2.05, 4.69) is 27.1 Å². The van der Waals surface area contributed by atoms with Gasteiger partial charge in [-0.05, 0) is 31.2 Å². The Morgan fingerprint density at radius 3 is 2.62 bits per heavy atom. The summed E-state index contributed by atoms with van der Waals surface area (Å²) in [4.78, 5) is 15.7. The molecule has 2 aromatic rings. The number of nitrogens with two attached hydrogens (primary N) is 2. The van der Waals surface area contributed by atoms with Crippen molar-refractivity contribution in [2.45, 2.75) is 26.3 Å². The van der Waals surface area contributed by atoms with Gasteiger partial charge in [-0.2, -0.15) is 0 Å². The van der Waals surface area contributed by atoms with Gasteiger partial charge < -0.3 is 21.5 Å². The molecule has 1 aromatic carbocycles. The Labute approximate surface area is 152 Å². The molecular formula is C18H22N6O2. The van der Waals surface area contributed by atoms with E-state index in [1.165, 1.54) is 0 Å². The lowest BCUT2D eigenvalue weighted by Gasteiger charge is -2.09. The monoisotopic (exact) mass is 354 g/mol. The summed E-state index contributed by atoms with van der Waals surface area (Å²) in [6.07, 6.45) is 0.691. The van der Waals surface area contributed by atoms with E-state index >= 15 is 0 Å². The molecule has 1 heterocycles. The summed E-state index contributed by atoms with van der Waals surface area (Å²) in [7, 11) is 0. The van der Waals surface area contributed by atoms with Gasteiger partial charge in [-0.25, -0.2) is 4.98 Å². The van der Waals surface area contributed by atoms with Crippen LogP contribution in [0.5, 0.6) is 5.75 Å². The van der Waals surface area contributed by atoms with Crippen molar-refractivity contribution in [3.63, 3.8) is 0 Å². The molecule has 0 unspecified atom stereocenters. The Kier molecular flexibility index (Phi) is 6.40. The number of nitrogens with one attached hydrogen (secondary N) is 1. The number of nitrogen functional groups attached to an aromatic ring is 1. The van der Waals surface area contributed by atoms with Gasteiger partial charge in [0.1, 0.15) is 17.2 Å². The molecule has 8 heteroatoms. The van der Waals surface area contributed by atoms with Crippen molar-refractivity contribution in [3.8, 4) is 5.75 Å². The van der Waals surface area contributed by atoms with Crippen molar-refractivity contribution in [2.24, 2.45) is 16.0 Å². The molecule has 0 bridgehead atoms. The van der Waals surface area contributed by atoms with Crippen molar-refractivity contribution >= 4 is 28.9 Å². The number of ether oxygens (including phenoxy) is 1. The van der Waals surface area contributed by atoms with E-state index in [1.54, 1.807) is 31.2 Å². The fourth-order valence-electron chi connectivity index (χ4n) is 1.82. The van der Waals surface area contributed by atoms with Gasteiger partial charge in [0, 0.05) is 6.42 Å². The molecule has 0 fully saturated rings. The number of carbonyl (C=O) groups excluding carboxylic acids is 1. The van der Waals surface area contributed by atoms with E-state index in [9.17, 15) is 4.79 Å². The van der Waals surface area contributed by atoms with Gasteiger partial charge >= 0.3 is 0 Å². The van der Waals surface area contributed by atoms with Crippen LogP contribution in [0, 0.1) is 0 Å². The number of pyridine rings is 1. The van der Waals surface area contributed by atoms with E-state index in [0.717, 1.165) is 0 Å². The Morgan fingerprint density at radius 1 is 1.27 bits per heavy atom. The average molecular weight is 354 g/mol. The van der Waals surface area contributed by atoms with Crippen LogP contribution in [0.3, 0.4) is 0 Å². The number of aromatic nitrogens is 1. The molecule has 2 rings (SSSR count). The number of nitrogens with zero attached hydrogens (tertiary/aromatic N) is 3. The standard InChI is InChI=1S/C18H22N6O2/c1-4-11(2)26-15-8-6-5-7-13(15)23-24-14-9-10-16(21-17(14)20)22-18(25)12(3)19/h5-10,12H,2,4,19H2,1,3H3,(H3,20,21,22,25)/t12-/m0/s1. The summed E-state index contributed by atoms with van der Waals surface area (Å²) in [6, 6.07) is 9.75. The van der Waals surface area contributed by atoms with Gasteiger partial charge in [0.2, 0.25) is 5.91 Å². The van der Waals surface area contributed by atoms with Crippen LogP contribution in [0.1, 0.15) is 20.3 Å². The molecule has 1 aromatic heterocycles. The van der Waals surface area contributed by atoms with Crippen LogP contribution in [0.4, 0.5) is 23.0 Å². The molecule has 0 radical (unpaired) electrons. The maximum Gasteiger partial charge on any atom is 0.242 e. The highest BCUT2D eigenvalue weighted by molar-refractivity contribution is 5.93. The number of benzene rings is 1. The van der Waals surface area contributed by atoms with Crippen molar-refractivity contribution in [2.75, 3.05) is 11.1 Å². The fourth-order valence-corrected chi connectivity index (χ4v) is 1.82. The van der Waals surface area contributed by atoms with Crippen LogP contribution >= 0.6 is 0 Å². The lowest BCUT2D eigenvalue weighted by molar-refractivity contribution is -0.117. The number of hydrogen-bond acceptors (Lipinski definition) is 7. The highest BCUT2D eigenvalue weighted by atomic mass is 16.5. The minimum Gasteiger partial charge on any atom is -0.460 e. The maximum absolute atomic E-state index is 11.6. The zero-order valence-electron chi connectivity index (χ0n) is 14.8. The number of rotatable bonds is 7. The minimum atomic E-state index is -0.647. The number of anilines is 2. The SMILES string of the molecule is C=C(CC)Oc1ccccc1N=Nc1ccc(NC(=O)[C@H](C)N)nc1N. The van der Waals surface area contributed by atoms with Crippen LogP contribution in [-0.4, -0.2) is 16.9 Å². The Morgan fingerprint density at radius 2 is 1.96 bits per heavy atom. The van der Waals surface area contributed by atoms with E-state index in [4.69, 9.17) is 16.2 Å². The number of carbonyl (C=O) groups is 1. The first-order valence-electron chi connectivity index (χ1n) is 8.10. The van der Waals surface area contributed by atoms with Crippen LogP contribution in [-0.2, 0) is 4.79 Å². The highest BCUT2D eigenvalue weighted by Gasteiger charge is 2.10. The Hall–Kier alpha value is -3.26. The summed E-state index contributed by atoms with van der Waals surface area (Å²) in [5.74, 6) is 1.26. The van der Waals surface area contributed by atoms with E-state index in [0.29, 0.717) is 35.1 Å². The summed E-state index contributed by atoms with van der Waals surface area (Å²) in [6.45, 7) is 7.35. The number of amides is 1. The first-order valence-corrected chi connectivity index (χ1v) is 8.10. The minimum absolute atomic E-state index is 0.132. The van der Waals surface area contributed by atoms with Crippen molar-refractivity contribution in [1.29, 1.82) is 0 Å². The molecule has 0 aliphatic heterocycles. The van der Waals surface area contributed by atoms with Crippen molar-refractivity contribution in [3.05, 3.63) is 48.7 Å². The third kappa shape index (κ3) is 5.12. The molecule has 0 saturated heterocycles. The van der Waals surface area contributed by atoms with E-state index < -0.39 is 6.04 Å². The molecule has 1 amide bonds. The number of para-hydroxylation sites is 1. The lowest BCUT2D eigenvalue weighted by atomic mass is 10.3. The van der Waals surface area contributed by atoms with Gasteiger partial charge in [0.05, 0.1) is 11.8 Å². The van der Waals surface area contributed by atoms with Crippen molar-refractivity contribution in [1.82, 2.24) is 4.98 Å². The first kappa shape index (κ1) is 19.1. The molecule has 0 saturated carbocycles. The Bertz CT molecular complexity index is 832. The molecule has 1 atom stereocenters. The largest absolute Gasteiger partial charge is 0.460 e. The maximum atomic E-state index is 11.6. The highest BCUT2D eigenvalue weighted by Crippen LogP contribution is 2.31. The average Bonchev–Trinajstić information content (AvgIpc) is 2.62. The summed E-state index contributed by atoms with van der Waals surface area (Å²) in [5, 5.41) is 10.9. The smallest absolute Gasteiger partial charge is 0.242 e. The van der Waals surface area contributed by atoms with Crippen LogP contribution in [0.25, 0.3) is 0 Å². The molecule has 136 valence electrons. The van der Waals surface area contributed by atoms with Gasteiger partial charge in [-0.15, -0.1) is 10.2 Å². The molecule has 8 nitrogen and oxygen atoms in total. The van der Waals surface area contributed by atoms with Gasteiger partial charge in [-0.3, -0.25) is 4.79 Å². The predicted molar refractivity (Wildman–Crippen MR) is 102 cm³/mol. The molecule has 26 heavy (non-hydrogen) atoms. The second kappa shape index (κ2) is 8.72. The molecule has 0 spiro atoms. The van der Waals surface area contributed by atoms with E-state index in [1.807, 2.05) is 19.1 Å².